The number of aromatic nitrogens is 2. The van der Waals surface area contributed by atoms with Crippen LogP contribution in [0.5, 0.6) is 0 Å². The van der Waals surface area contributed by atoms with Crippen LogP contribution in [-0.4, -0.2) is 9.55 Å². The van der Waals surface area contributed by atoms with E-state index in [0.29, 0.717) is 0 Å². The van der Waals surface area contributed by atoms with Gasteiger partial charge in [-0.1, -0.05) is 18.2 Å². The third-order valence-corrected chi connectivity index (χ3v) is 3.36. The van der Waals surface area contributed by atoms with E-state index in [1.54, 1.807) is 0 Å². The highest BCUT2D eigenvalue weighted by Gasteiger charge is 2.11. The minimum atomic E-state index is 0.767. The van der Waals surface area contributed by atoms with Gasteiger partial charge in [0.15, 0.2) is 0 Å². The highest BCUT2D eigenvalue weighted by Crippen LogP contribution is 2.26. The van der Waals surface area contributed by atoms with Crippen LogP contribution in [0.3, 0.4) is 0 Å². The van der Waals surface area contributed by atoms with Crippen molar-refractivity contribution in [2.75, 3.05) is 5.73 Å². The van der Waals surface area contributed by atoms with Gasteiger partial charge in [0.05, 0.1) is 11.0 Å². The van der Waals surface area contributed by atoms with E-state index in [9.17, 15) is 0 Å². The number of nitrogens with two attached hydrogens (primary N) is 1. The van der Waals surface area contributed by atoms with E-state index in [1.165, 1.54) is 11.1 Å². The maximum atomic E-state index is 5.87. The zero-order valence-electron chi connectivity index (χ0n) is 11.2. The Labute approximate surface area is 112 Å². The first-order valence-corrected chi connectivity index (χ1v) is 6.52. The van der Waals surface area contributed by atoms with Crippen molar-refractivity contribution in [2.24, 2.45) is 0 Å². The maximum absolute atomic E-state index is 5.87. The average Bonchev–Trinajstić information content (AvgIpc) is 2.76. The van der Waals surface area contributed by atoms with Crippen molar-refractivity contribution >= 4 is 16.7 Å². The summed E-state index contributed by atoms with van der Waals surface area (Å²) in [6.45, 7) is 5.12. The van der Waals surface area contributed by atoms with Crippen molar-refractivity contribution in [2.45, 2.75) is 20.4 Å². The SMILES string of the molecule is CCn1c(-c2cccc(N)c2)nc2cc(C)ccc21. The molecule has 2 aromatic carbocycles. The lowest BCUT2D eigenvalue weighted by Crippen LogP contribution is -1.97. The molecule has 0 radical (unpaired) electrons. The number of hydrogen-bond acceptors (Lipinski definition) is 2. The van der Waals surface area contributed by atoms with E-state index in [4.69, 9.17) is 10.7 Å². The summed E-state index contributed by atoms with van der Waals surface area (Å²) in [5.74, 6) is 0.982. The number of hydrogen-bond donors (Lipinski definition) is 1. The molecule has 0 aliphatic rings. The fraction of sp³-hybridized carbons (Fsp3) is 0.188. The summed E-state index contributed by atoms with van der Waals surface area (Å²) in [4.78, 5) is 4.76. The number of imidazole rings is 1. The number of benzene rings is 2. The molecule has 3 rings (SSSR count). The molecule has 0 bridgehead atoms. The third kappa shape index (κ3) is 1.97. The number of aryl methyl sites for hydroxylation is 2. The lowest BCUT2D eigenvalue weighted by atomic mass is 10.2. The standard InChI is InChI=1S/C16H17N3/c1-3-19-15-8-7-11(2)9-14(15)18-16(19)12-5-4-6-13(17)10-12/h4-10H,3,17H2,1-2H3. The largest absolute Gasteiger partial charge is 0.399 e. The second-order valence-electron chi connectivity index (χ2n) is 4.80. The van der Waals surface area contributed by atoms with Crippen LogP contribution in [-0.2, 0) is 6.54 Å². The molecule has 0 aliphatic carbocycles. The van der Waals surface area contributed by atoms with E-state index in [0.717, 1.165) is 29.1 Å². The van der Waals surface area contributed by atoms with Gasteiger partial charge in [0.1, 0.15) is 5.82 Å². The molecule has 0 fully saturated rings. The highest BCUT2D eigenvalue weighted by atomic mass is 15.1. The Bertz CT molecular complexity index is 741. The maximum Gasteiger partial charge on any atom is 0.141 e. The molecule has 2 N–H and O–H groups in total. The highest BCUT2D eigenvalue weighted by molar-refractivity contribution is 5.81. The zero-order chi connectivity index (χ0) is 13.4. The summed E-state index contributed by atoms with van der Waals surface area (Å²) < 4.78 is 2.23. The first kappa shape index (κ1) is 11.8. The first-order valence-electron chi connectivity index (χ1n) is 6.52. The molecule has 0 saturated carbocycles. The van der Waals surface area contributed by atoms with Gasteiger partial charge >= 0.3 is 0 Å². The molecular weight excluding hydrogens is 234 g/mol. The Morgan fingerprint density at radius 3 is 2.74 bits per heavy atom. The summed E-state index contributed by atoms with van der Waals surface area (Å²) in [5.41, 5.74) is 11.1. The molecule has 3 nitrogen and oxygen atoms in total. The summed E-state index contributed by atoms with van der Waals surface area (Å²) >= 11 is 0. The van der Waals surface area contributed by atoms with Crippen LogP contribution >= 0.6 is 0 Å². The first-order chi connectivity index (χ1) is 9.19. The Balaban J connectivity index is 2.28. The lowest BCUT2D eigenvalue weighted by Gasteiger charge is -2.06. The normalized spacial score (nSPS) is 11.1. The predicted molar refractivity (Wildman–Crippen MR) is 80.0 cm³/mol. The number of anilines is 1. The molecule has 96 valence electrons. The van der Waals surface area contributed by atoms with Gasteiger partial charge in [0.2, 0.25) is 0 Å². The van der Waals surface area contributed by atoms with Crippen molar-refractivity contribution in [3.63, 3.8) is 0 Å². The van der Waals surface area contributed by atoms with Crippen molar-refractivity contribution in [3.05, 3.63) is 48.0 Å². The molecule has 1 aromatic heterocycles. The number of fused-ring (bicyclic) bond motifs is 1. The third-order valence-electron chi connectivity index (χ3n) is 3.36. The molecule has 0 spiro atoms. The quantitative estimate of drug-likeness (QED) is 0.707. The number of rotatable bonds is 2. The van der Waals surface area contributed by atoms with Crippen LogP contribution in [0.2, 0.25) is 0 Å². The summed E-state index contributed by atoms with van der Waals surface area (Å²) in [6.07, 6.45) is 0. The minimum Gasteiger partial charge on any atom is -0.399 e. The van der Waals surface area contributed by atoms with Gasteiger partial charge in [0, 0.05) is 17.8 Å². The van der Waals surface area contributed by atoms with Crippen LogP contribution in [0, 0.1) is 6.92 Å². The van der Waals surface area contributed by atoms with Crippen LogP contribution in [0.1, 0.15) is 12.5 Å². The van der Waals surface area contributed by atoms with E-state index < -0.39 is 0 Å². The molecule has 0 atom stereocenters. The van der Waals surface area contributed by atoms with E-state index in [-0.39, 0.29) is 0 Å². The van der Waals surface area contributed by atoms with Crippen LogP contribution in [0.15, 0.2) is 42.5 Å². The Morgan fingerprint density at radius 1 is 1.16 bits per heavy atom. The molecular formula is C16H17N3. The Morgan fingerprint density at radius 2 is 2.00 bits per heavy atom. The van der Waals surface area contributed by atoms with Crippen LogP contribution in [0.25, 0.3) is 22.4 Å². The van der Waals surface area contributed by atoms with E-state index >= 15 is 0 Å². The minimum absolute atomic E-state index is 0.767. The Kier molecular flexibility index (Phi) is 2.75. The molecule has 0 unspecified atom stereocenters. The van der Waals surface area contributed by atoms with Crippen LogP contribution in [0.4, 0.5) is 5.69 Å². The topological polar surface area (TPSA) is 43.8 Å². The lowest BCUT2D eigenvalue weighted by molar-refractivity contribution is 0.796. The average molecular weight is 251 g/mol. The zero-order valence-corrected chi connectivity index (χ0v) is 11.2. The van der Waals surface area contributed by atoms with E-state index in [2.05, 4.69) is 42.7 Å². The summed E-state index contributed by atoms with van der Waals surface area (Å²) in [5, 5.41) is 0. The molecule has 3 heteroatoms. The monoisotopic (exact) mass is 251 g/mol. The predicted octanol–water partition coefficient (Wildman–Crippen LogP) is 3.61. The number of nitrogen functional groups attached to an aromatic ring is 1. The molecule has 0 aliphatic heterocycles. The van der Waals surface area contributed by atoms with E-state index in [1.807, 2.05) is 18.2 Å². The molecule has 3 aromatic rings. The molecule has 1 heterocycles. The second kappa shape index (κ2) is 4.43. The van der Waals surface area contributed by atoms with Crippen molar-refractivity contribution < 1.29 is 0 Å². The van der Waals surface area contributed by atoms with Crippen molar-refractivity contribution in [3.8, 4) is 11.4 Å². The molecule has 0 amide bonds. The molecule has 19 heavy (non-hydrogen) atoms. The van der Waals surface area contributed by atoms with Crippen LogP contribution < -0.4 is 5.73 Å². The van der Waals surface area contributed by atoms with Crippen molar-refractivity contribution in [1.29, 1.82) is 0 Å². The van der Waals surface area contributed by atoms with Gasteiger partial charge < -0.3 is 10.3 Å². The molecule has 0 saturated heterocycles. The fourth-order valence-corrected chi connectivity index (χ4v) is 2.46. The summed E-state index contributed by atoms with van der Waals surface area (Å²) in [6, 6.07) is 14.3. The second-order valence-corrected chi connectivity index (χ2v) is 4.80. The van der Waals surface area contributed by atoms with Gasteiger partial charge in [0.25, 0.3) is 0 Å². The smallest absolute Gasteiger partial charge is 0.141 e. The van der Waals surface area contributed by atoms with Gasteiger partial charge in [-0.05, 0) is 43.7 Å². The number of nitrogens with zero attached hydrogens (tertiary/aromatic N) is 2. The van der Waals surface area contributed by atoms with Crippen molar-refractivity contribution in [1.82, 2.24) is 9.55 Å². The van der Waals surface area contributed by atoms with Gasteiger partial charge in [-0.2, -0.15) is 0 Å². The fourth-order valence-electron chi connectivity index (χ4n) is 2.46. The Hall–Kier alpha value is -2.29. The van der Waals surface area contributed by atoms with Gasteiger partial charge in [-0.25, -0.2) is 4.98 Å². The van der Waals surface area contributed by atoms with Gasteiger partial charge in [-0.15, -0.1) is 0 Å². The van der Waals surface area contributed by atoms with Gasteiger partial charge in [-0.3, -0.25) is 0 Å². The summed E-state index contributed by atoms with van der Waals surface area (Å²) in [7, 11) is 0.